The first-order valence-corrected chi connectivity index (χ1v) is 8.88. The lowest BCUT2D eigenvalue weighted by atomic mass is 10.2. The average Bonchev–Trinajstić information content (AvgIpc) is 3.04. The molecule has 0 bridgehead atoms. The van der Waals surface area contributed by atoms with E-state index in [2.05, 4.69) is 44.5 Å². The van der Waals surface area contributed by atoms with E-state index < -0.39 is 6.61 Å². The molecule has 3 rings (SSSR count). The molecule has 1 heterocycles. The van der Waals surface area contributed by atoms with Gasteiger partial charge in [-0.15, -0.1) is 0 Å². The Bertz CT molecular complexity index is 712. The Hall–Kier alpha value is -2.25. The summed E-state index contributed by atoms with van der Waals surface area (Å²) in [6.45, 7) is 0.0649. The van der Waals surface area contributed by atoms with Crippen molar-refractivity contribution in [1.82, 2.24) is 10.2 Å². The molecule has 2 aromatic rings. The third kappa shape index (κ3) is 5.64. The van der Waals surface area contributed by atoms with E-state index in [0.717, 1.165) is 31.7 Å². The first-order chi connectivity index (χ1) is 12.6. The summed E-state index contributed by atoms with van der Waals surface area (Å²) in [7, 11) is 0. The van der Waals surface area contributed by atoms with E-state index >= 15 is 0 Å². The fourth-order valence-electron chi connectivity index (χ4n) is 3.01. The van der Waals surface area contributed by atoms with Crippen LogP contribution in [-0.4, -0.2) is 35.8 Å². The zero-order chi connectivity index (χ0) is 18.4. The number of thiocarbonyl (C=S) groups is 1. The van der Waals surface area contributed by atoms with Crippen molar-refractivity contribution >= 4 is 23.0 Å². The van der Waals surface area contributed by atoms with E-state index in [4.69, 9.17) is 12.2 Å². The Morgan fingerprint density at radius 2 is 1.88 bits per heavy atom. The quantitative estimate of drug-likeness (QED) is 0.748. The first kappa shape index (κ1) is 18.5. The van der Waals surface area contributed by atoms with Gasteiger partial charge in [-0.3, -0.25) is 4.90 Å². The summed E-state index contributed by atoms with van der Waals surface area (Å²) in [5.41, 5.74) is 2.03. The molecule has 0 aromatic heterocycles. The van der Waals surface area contributed by atoms with Gasteiger partial charge in [0.1, 0.15) is 5.75 Å². The summed E-state index contributed by atoms with van der Waals surface area (Å²) in [6, 6.07) is 17.0. The Labute approximate surface area is 157 Å². The summed E-state index contributed by atoms with van der Waals surface area (Å²) < 4.78 is 28.6. The van der Waals surface area contributed by atoms with Crippen LogP contribution in [0.15, 0.2) is 54.6 Å². The van der Waals surface area contributed by atoms with Gasteiger partial charge in [-0.25, -0.2) is 0 Å². The molecule has 7 heteroatoms. The van der Waals surface area contributed by atoms with Gasteiger partial charge in [-0.1, -0.05) is 30.3 Å². The zero-order valence-corrected chi connectivity index (χ0v) is 15.0. The molecule has 0 radical (unpaired) electrons. The molecule has 2 aromatic carbocycles. The molecule has 0 aliphatic carbocycles. The maximum atomic E-state index is 12.2. The molecule has 1 aliphatic rings. The lowest BCUT2D eigenvalue weighted by Gasteiger charge is -2.18. The SMILES string of the molecule is FC(F)Oc1ccc(NC(=S)N[C@H]2CCN(Cc3ccccc3)C2)cc1. The molecule has 1 saturated heterocycles. The minimum atomic E-state index is -2.82. The Kier molecular flexibility index (Phi) is 6.35. The molecule has 138 valence electrons. The average molecular weight is 377 g/mol. The molecule has 1 fully saturated rings. The summed E-state index contributed by atoms with van der Waals surface area (Å²) in [6.07, 6.45) is 1.02. The molecule has 4 nitrogen and oxygen atoms in total. The van der Waals surface area contributed by atoms with Crippen molar-refractivity contribution in [3.8, 4) is 5.75 Å². The van der Waals surface area contributed by atoms with Crippen LogP contribution in [-0.2, 0) is 6.54 Å². The number of alkyl halides is 2. The zero-order valence-electron chi connectivity index (χ0n) is 14.2. The van der Waals surface area contributed by atoms with Crippen LogP contribution in [0.4, 0.5) is 14.5 Å². The summed E-state index contributed by atoms with van der Waals surface area (Å²) >= 11 is 5.35. The fourth-order valence-corrected chi connectivity index (χ4v) is 3.29. The van der Waals surface area contributed by atoms with Crippen LogP contribution in [0.3, 0.4) is 0 Å². The second-order valence-electron chi connectivity index (χ2n) is 6.21. The molecule has 2 N–H and O–H groups in total. The van der Waals surface area contributed by atoms with Crippen molar-refractivity contribution < 1.29 is 13.5 Å². The number of benzene rings is 2. The van der Waals surface area contributed by atoms with Gasteiger partial charge in [0.05, 0.1) is 0 Å². The molecule has 0 saturated carbocycles. The van der Waals surface area contributed by atoms with Gasteiger partial charge >= 0.3 is 6.61 Å². The number of hydrogen-bond acceptors (Lipinski definition) is 3. The number of hydrogen-bond donors (Lipinski definition) is 2. The summed E-state index contributed by atoms with van der Waals surface area (Å²) in [5, 5.41) is 6.92. The fraction of sp³-hybridized carbons (Fsp3) is 0.316. The van der Waals surface area contributed by atoms with Crippen molar-refractivity contribution in [2.75, 3.05) is 18.4 Å². The molecule has 0 spiro atoms. The van der Waals surface area contributed by atoms with Crippen molar-refractivity contribution in [1.29, 1.82) is 0 Å². The lowest BCUT2D eigenvalue weighted by molar-refractivity contribution is -0.0498. The van der Waals surface area contributed by atoms with Crippen LogP contribution in [0.25, 0.3) is 0 Å². The minimum Gasteiger partial charge on any atom is -0.435 e. The highest BCUT2D eigenvalue weighted by Crippen LogP contribution is 2.18. The van der Waals surface area contributed by atoms with Gasteiger partial charge in [0, 0.05) is 31.4 Å². The highest BCUT2D eigenvalue weighted by Gasteiger charge is 2.22. The number of ether oxygens (including phenoxy) is 1. The van der Waals surface area contributed by atoms with Gasteiger partial charge in [0.15, 0.2) is 5.11 Å². The van der Waals surface area contributed by atoms with Gasteiger partial charge in [0.2, 0.25) is 0 Å². The number of nitrogens with one attached hydrogen (secondary N) is 2. The smallest absolute Gasteiger partial charge is 0.387 e. The van der Waals surface area contributed by atoms with Gasteiger partial charge in [-0.05, 0) is 48.5 Å². The van der Waals surface area contributed by atoms with Crippen molar-refractivity contribution in [2.45, 2.75) is 25.6 Å². The third-order valence-electron chi connectivity index (χ3n) is 4.19. The van der Waals surface area contributed by atoms with E-state index in [1.54, 1.807) is 12.1 Å². The number of likely N-dealkylation sites (tertiary alicyclic amines) is 1. The third-order valence-corrected chi connectivity index (χ3v) is 4.41. The molecule has 26 heavy (non-hydrogen) atoms. The first-order valence-electron chi connectivity index (χ1n) is 8.47. The Morgan fingerprint density at radius 1 is 1.15 bits per heavy atom. The van der Waals surface area contributed by atoms with E-state index in [0.29, 0.717) is 11.2 Å². The van der Waals surface area contributed by atoms with E-state index in [1.165, 1.54) is 17.7 Å². The summed E-state index contributed by atoms with van der Waals surface area (Å²) in [4.78, 5) is 2.39. The highest BCUT2D eigenvalue weighted by atomic mass is 32.1. The second-order valence-corrected chi connectivity index (χ2v) is 6.62. The largest absolute Gasteiger partial charge is 0.435 e. The van der Waals surface area contributed by atoms with Crippen LogP contribution in [0.1, 0.15) is 12.0 Å². The molecule has 1 aliphatic heterocycles. The highest BCUT2D eigenvalue weighted by molar-refractivity contribution is 7.80. The number of halogens is 2. The van der Waals surface area contributed by atoms with Crippen molar-refractivity contribution in [3.63, 3.8) is 0 Å². The predicted molar refractivity (Wildman–Crippen MR) is 103 cm³/mol. The Morgan fingerprint density at radius 3 is 2.58 bits per heavy atom. The maximum Gasteiger partial charge on any atom is 0.387 e. The standard InChI is InChI=1S/C19H21F2N3OS/c20-18(21)25-17-8-6-15(7-9-17)22-19(26)23-16-10-11-24(13-16)12-14-4-2-1-3-5-14/h1-9,16,18H,10-13H2,(H2,22,23,26)/t16-/m0/s1. The molecule has 1 atom stereocenters. The van der Waals surface area contributed by atoms with Crippen LogP contribution < -0.4 is 15.4 Å². The lowest BCUT2D eigenvalue weighted by Crippen LogP contribution is -2.39. The van der Waals surface area contributed by atoms with Crippen molar-refractivity contribution in [2.24, 2.45) is 0 Å². The van der Waals surface area contributed by atoms with Crippen LogP contribution in [0.2, 0.25) is 0 Å². The molecular formula is C19H21F2N3OS. The second kappa shape index (κ2) is 8.91. The van der Waals surface area contributed by atoms with Crippen molar-refractivity contribution in [3.05, 3.63) is 60.2 Å². The monoisotopic (exact) mass is 377 g/mol. The number of anilines is 1. The molecule has 0 unspecified atom stereocenters. The number of rotatable bonds is 6. The van der Waals surface area contributed by atoms with Crippen LogP contribution in [0, 0.1) is 0 Å². The topological polar surface area (TPSA) is 36.5 Å². The molecule has 0 amide bonds. The van der Waals surface area contributed by atoms with Crippen LogP contribution in [0.5, 0.6) is 5.75 Å². The summed E-state index contributed by atoms with van der Waals surface area (Å²) in [5.74, 6) is 0.122. The minimum absolute atomic E-state index is 0.122. The normalized spacial score (nSPS) is 17.3. The Balaban J connectivity index is 1.44. The van der Waals surface area contributed by atoms with E-state index in [1.807, 2.05) is 6.07 Å². The molecular weight excluding hydrogens is 356 g/mol. The van der Waals surface area contributed by atoms with Crippen LogP contribution >= 0.6 is 12.2 Å². The van der Waals surface area contributed by atoms with Gasteiger partial charge in [0.25, 0.3) is 0 Å². The predicted octanol–water partition coefficient (Wildman–Crippen LogP) is 3.85. The van der Waals surface area contributed by atoms with E-state index in [9.17, 15) is 8.78 Å². The number of nitrogens with zero attached hydrogens (tertiary/aromatic N) is 1. The van der Waals surface area contributed by atoms with E-state index in [-0.39, 0.29) is 5.75 Å². The van der Waals surface area contributed by atoms with Gasteiger partial charge in [-0.2, -0.15) is 8.78 Å². The van der Waals surface area contributed by atoms with Gasteiger partial charge < -0.3 is 15.4 Å². The maximum absolute atomic E-state index is 12.2.